The number of aliphatic hydroxyl groups is 1. The molecule has 3 unspecified atom stereocenters. The average molecular weight is 287 g/mol. The molecule has 0 bridgehead atoms. The Morgan fingerprint density at radius 3 is 2.32 bits per heavy atom. The molecule has 1 aromatic carbocycles. The van der Waals surface area contributed by atoms with Gasteiger partial charge in [-0.15, -0.1) is 0 Å². The predicted molar refractivity (Wildman–Crippen MR) is 74.3 cm³/mol. The highest BCUT2D eigenvalue weighted by molar-refractivity contribution is 8.00. The molecular weight excluding hydrogens is 268 g/mol. The van der Waals surface area contributed by atoms with Gasteiger partial charge in [0.05, 0.1) is 11.7 Å². The SMILES string of the molecule is CC1CN(CC(O)c2c(F)cccc2F)CC(C)S1. The number of β-amino-alcohol motifs (C(OH)–C–C–N with tert-alkyl or cyclic N) is 1. The van der Waals surface area contributed by atoms with Gasteiger partial charge >= 0.3 is 0 Å². The smallest absolute Gasteiger partial charge is 0.131 e. The fourth-order valence-corrected chi connectivity index (χ4v) is 3.99. The topological polar surface area (TPSA) is 23.5 Å². The van der Waals surface area contributed by atoms with Gasteiger partial charge in [0.25, 0.3) is 0 Å². The second-order valence-corrected chi connectivity index (χ2v) is 7.01. The minimum atomic E-state index is -1.12. The van der Waals surface area contributed by atoms with E-state index in [9.17, 15) is 13.9 Å². The van der Waals surface area contributed by atoms with Gasteiger partial charge in [-0.25, -0.2) is 8.78 Å². The molecule has 2 nitrogen and oxygen atoms in total. The van der Waals surface area contributed by atoms with Crippen LogP contribution in [-0.4, -0.2) is 40.1 Å². The van der Waals surface area contributed by atoms with Crippen LogP contribution in [0.2, 0.25) is 0 Å². The van der Waals surface area contributed by atoms with Crippen LogP contribution in [-0.2, 0) is 0 Å². The lowest BCUT2D eigenvalue weighted by molar-refractivity contribution is 0.106. The van der Waals surface area contributed by atoms with E-state index in [1.807, 2.05) is 11.8 Å². The Kier molecular flexibility index (Phi) is 4.81. The molecule has 0 radical (unpaired) electrons. The molecule has 106 valence electrons. The average Bonchev–Trinajstić information content (AvgIpc) is 2.26. The summed E-state index contributed by atoms with van der Waals surface area (Å²) in [6, 6.07) is 3.67. The van der Waals surface area contributed by atoms with E-state index in [1.54, 1.807) is 0 Å². The maximum atomic E-state index is 13.6. The molecule has 3 atom stereocenters. The van der Waals surface area contributed by atoms with Gasteiger partial charge in [0, 0.05) is 30.1 Å². The summed E-state index contributed by atoms with van der Waals surface area (Å²) in [5.41, 5.74) is -0.221. The molecule has 5 heteroatoms. The first-order chi connectivity index (χ1) is 8.97. The number of aliphatic hydroxyl groups excluding tert-OH is 1. The number of rotatable bonds is 3. The van der Waals surface area contributed by atoms with Crippen molar-refractivity contribution in [3.8, 4) is 0 Å². The first-order valence-electron chi connectivity index (χ1n) is 6.47. The molecule has 1 saturated heterocycles. The van der Waals surface area contributed by atoms with Gasteiger partial charge in [-0.3, -0.25) is 4.90 Å². The van der Waals surface area contributed by atoms with Crippen molar-refractivity contribution in [2.75, 3.05) is 19.6 Å². The molecule has 2 rings (SSSR count). The normalized spacial score (nSPS) is 26.4. The number of hydrogen-bond acceptors (Lipinski definition) is 3. The van der Waals surface area contributed by atoms with Crippen molar-refractivity contribution in [2.24, 2.45) is 0 Å². The van der Waals surface area contributed by atoms with Crippen molar-refractivity contribution in [2.45, 2.75) is 30.5 Å². The molecule has 0 saturated carbocycles. The number of halogens is 2. The molecule has 19 heavy (non-hydrogen) atoms. The number of hydrogen-bond donors (Lipinski definition) is 1. The molecule has 0 aliphatic carbocycles. The zero-order chi connectivity index (χ0) is 14.0. The standard InChI is InChI=1S/C14H19F2NOS/c1-9-6-17(7-10(2)19-9)8-13(18)14-11(15)4-3-5-12(14)16/h3-5,9-10,13,18H,6-8H2,1-2H3. The lowest BCUT2D eigenvalue weighted by Gasteiger charge is -2.35. The van der Waals surface area contributed by atoms with Gasteiger partial charge in [0.2, 0.25) is 0 Å². The van der Waals surface area contributed by atoms with Crippen LogP contribution in [0.25, 0.3) is 0 Å². The lowest BCUT2D eigenvalue weighted by Crippen LogP contribution is -2.42. The van der Waals surface area contributed by atoms with Crippen molar-refractivity contribution >= 4 is 11.8 Å². The third-order valence-electron chi connectivity index (χ3n) is 3.26. The Morgan fingerprint density at radius 2 is 1.79 bits per heavy atom. The molecule has 1 fully saturated rings. The summed E-state index contributed by atoms with van der Waals surface area (Å²) in [5, 5.41) is 11.0. The molecule has 0 spiro atoms. The van der Waals surface area contributed by atoms with E-state index in [0.717, 1.165) is 13.1 Å². The van der Waals surface area contributed by atoms with Crippen LogP contribution in [0.4, 0.5) is 8.78 Å². The summed E-state index contributed by atoms with van der Waals surface area (Å²) < 4.78 is 27.2. The Bertz CT molecular complexity index is 413. The minimum Gasteiger partial charge on any atom is -0.387 e. The monoisotopic (exact) mass is 287 g/mol. The highest BCUT2D eigenvalue weighted by Crippen LogP contribution is 2.27. The van der Waals surface area contributed by atoms with E-state index >= 15 is 0 Å². The largest absolute Gasteiger partial charge is 0.387 e. The molecule has 1 aliphatic rings. The van der Waals surface area contributed by atoms with Crippen molar-refractivity contribution in [1.29, 1.82) is 0 Å². The second kappa shape index (κ2) is 6.20. The van der Waals surface area contributed by atoms with Crippen LogP contribution >= 0.6 is 11.8 Å². The Hall–Kier alpha value is -0.650. The lowest BCUT2D eigenvalue weighted by atomic mass is 10.1. The summed E-state index contributed by atoms with van der Waals surface area (Å²) in [5.74, 6) is -1.36. The molecular formula is C14H19F2NOS. The Balaban J connectivity index is 2.06. The third kappa shape index (κ3) is 3.68. The molecule has 1 aliphatic heterocycles. The van der Waals surface area contributed by atoms with Crippen molar-refractivity contribution in [1.82, 2.24) is 4.90 Å². The number of thioether (sulfide) groups is 1. The first kappa shape index (κ1) is 14.8. The van der Waals surface area contributed by atoms with Crippen molar-refractivity contribution in [3.05, 3.63) is 35.4 Å². The van der Waals surface area contributed by atoms with E-state index in [-0.39, 0.29) is 12.1 Å². The second-order valence-electron chi connectivity index (χ2n) is 5.13. The van der Waals surface area contributed by atoms with Crippen LogP contribution in [0.3, 0.4) is 0 Å². The van der Waals surface area contributed by atoms with Gasteiger partial charge in [0.1, 0.15) is 11.6 Å². The molecule has 0 amide bonds. The maximum absolute atomic E-state index is 13.6. The van der Waals surface area contributed by atoms with Gasteiger partial charge in [0.15, 0.2) is 0 Å². The maximum Gasteiger partial charge on any atom is 0.131 e. The zero-order valence-electron chi connectivity index (χ0n) is 11.1. The highest BCUT2D eigenvalue weighted by Gasteiger charge is 2.26. The predicted octanol–water partition coefficient (Wildman–Crippen LogP) is 2.82. The molecule has 1 aromatic rings. The van der Waals surface area contributed by atoms with Gasteiger partial charge < -0.3 is 5.11 Å². The van der Waals surface area contributed by atoms with E-state index in [0.29, 0.717) is 10.5 Å². The van der Waals surface area contributed by atoms with Gasteiger partial charge in [-0.1, -0.05) is 19.9 Å². The Labute approximate surface area is 116 Å². The van der Waals surface area contributed by atoms with Crippen molar-refractivity contribution in [3.63, 3.8) is 0 Å². The summed E-state index contributed by atoms with van der Waals surface area (Å²) in [4.78, 5) is 2.07. The van der Waals surface area contributed by atoms with E-state index in [1.165, 1.54) is 18.2 Å². The summed E-state index contributed by atoms with van der Waals surface area (Å²) in [6.07, 6.45) is -1.12. The van der Waals surface area contributed by atoms with Gasteiger partial charge in [-0.05, 0) is 12.1 Å². The summed E-state index contributed by atoms with van der Waals surface area (Å²) >= 11 is 1.90. The zero-order valence-corrected chi connectivity index (χ0v) is 12.0. The number of nitrogens with zero attached hydrogens (tertiary/aromatic N) is 1. The molecule has 1 heterocycles. The summed E-state index contributed by atoms with van der Waals surface area (Å²) in [7, 11) is 0. The first-order valence-corrected chi connectivity index (χ1v) is 7.41. The van der Waals surface area contributed by atoms with Crippen molar-refractivity contribution < 1.29 is 13.9 Å². The molecule has 0 aromatic heterocycles. The highest BCUT2D eigenvalue weighted by atomic mass is 32.2. The van der Waals surface area contributed by atoms with Crippen LogP contribution in [0.5, 0.6) is 0 Å². The molecule has 1 N–H and O–H groups in total. The van der Waals surface area contributed by atoms with E-state index in [4.69, 9.17) is 0 Å². The van der Waals surface area contributed by atoms with E-state index in [2.05, 4.69) is 18.7 Å². The fraction of sp³-hybridized carbons (Fsp3) is 0.571. The van der Waals surface area contributed by atoms with Crippen LogP contribution in [0.15, 0.2) is 18.2 Å². The van der Waals surface area contributed by atoms with Crippen LogP contribution < -0.4 is 0 Å². The van der Waals surface area contributed by atoms with E-state index < -0.39 is 17.7 Å². The number of benzene rings is 1. The quantitative estimate of drug-likeness (QED) is 0.925. The third-order valence-corrected chi connectivity index (χ3v) is 4.49. The Morgan fingerprint density at radius 1 is 1.26 bits per heavy atom. The van der Waals surface area contributed by atoms with Gasteiger partial charge in [-0.2, -0.15) is 11.8 Å². The summed E-state index contributed by atoms with van der Waals surface area (Å²) in [6.45, 7) is 6.20. The van der Waals surface area contributed by atoms with Crippen LogP contribution in [0, 0.1) is 11.6 Å². The minimum absolute atomic E-state index is 0.221. The fourth-order valence-electron chi connectivity index (χ4n) is 2.60. The van der Waals surface area contributed by atoms with Crippen LogP contribution in [0.1, 0.15) is 25.5 Å².